The summed E-state index contributed by atoms with van der Waals surface area (Å²) < 4.78 is 61.2. The number of sulfonamides is 1. The van der Waals surface area contributed by atoms with Crippen LogP contribution < -0.4 is 14.4 Å². The highest BCUT2D eigenvalue weighted by molar-refractivity contribution is 7.92. The Kier molecular flexibility index (Phi) is 8.16. The summed E-state index contributed by atoms with van der Waals surface area (Å²) in [6.45, 7) is 7.60. The minimum absolute atomic E-state index is 0.198. The number of aromatic nitrogens is 3. The molecule has 43 heavy (non-hydrogen) atoms. The lowest BCUT2D eigenvalue weighted by molar-refractivity contribution is -0.201. The van der Waals surface area contributed by atoms with Gasteiger partial charge in [0.2, 0.25) is 5.88 Å². The predicted molar refractivity (Wildman–Crippen MR) is 156 cm³/mol. The molecule has 5 rings (SSSR count). The van der Waals surface area contributed by atoms with E-state index in [1.807, 2.05) is 6.07 Å². The molecule has 1 fully saturated rings. The van der Waals surface area contributed by atoms with Gasteiger partial charge in [-0.15, -0.1) is 5.06 Å². The van der Waals surface area contributed by atoms with Crippen LogP contribution in [-0.2, 0) is 19.7 Å². The number of ether oxygens (including phenoxy) is 1. The van der Waals surface area contributed by atoms with E-state index >= 15 is 0 Å². The Balaban J connectivity index is 1.40. The van der Waals surface area contributed by atoms with Gasteiger partial charge in [-0.1, -0.05) is 6.07 Å². The molecular weight excluding hydrogens is 582 g/mol. The number of fused-ring (bicyclic) bond motifs is 1. The van der Waals surface area contributed by atoms with E-state index in [9.17, 15) is 22.0 Å². The Morgan fingerprint density at radius 3 is 2.37 bits per heavy atom. The maximum Gasteiger partial charge on any atom is 0.330 e. The molecule has 0 aliphatic carbocycles. The molecule has 4 aromatic rings. The molecule has 1 N–H and O–H groups in total. The van der Waals surface area contributed by atoms with E-state index in [-0.39, 0.29) is 16.7 Å². The second kappa shape index (κ2) is 11.7. The van der Waals surface area contributed by atoms with Crippen LogP contribution in [0.15, 0.2) is 59.9 Å². The maximum atomic E-state index is 14.2. The number of hydrogen-bond acceptors (Lipinski definition) is 10. The number of nitrogens with zero attached hydrogens (tertiary/aromatic N) is 5. The molecule has 226 valence electrons. The van der Waals surface area contributed by atoms with Gasteiger partial charge in [-0.25, -0.2) is 36.9 Å². The number of anilines is 2. The third-order valence-electron chi connectivity index (χ3n) is 6.79. The average Bonchev–Trinajstić information content (AvgIpc) is 2.97. The molecule has 0 bridgehead atoms. The van der Waals surface area contributed by atoms with Crippen molar-refractivity contribution in [2.24, 2.45) is 5.41 Å². The van der Waals surface area contributed by atoms with Crippen LogP contribution in [0.3, 0.4) is 0 Å². The van der Waals surface area contributed by atoms with E-state index < -0.39 is 32.8 Å². The first-order valence-corrected chi connectivity index (χ1v) is 14.8. The van der Waals surface area contributed by atoms with Crippen molar-refractivity contribution in [1.82, 2.24) is 20.0 Å². The number of pyridine rings is 1. The number of carbonyl (C=O) groups excluding carboxylic acids is 1. The summed E-state index contributed by atoms with van der Waals surface area (Å²) in [5.41, 5.74) is 0.666. The first-order valence-electron chi connectivity index (χ1n) is 13.3. The van der Waals surface area contributed by atoms with Crippen LogP contribution >= 0.6 is 0 Å². The molecule has 0 atom stereocenters. The molecule has 11 nitrogen and oxygen atoms in total. The highest BCUT2D eigenvalue weighted by atomic mass is 32.2. The fourth-order valence-corrected chi connectivity index (χ4v) is 5.64. The van der Waals surface area contributed by atoms with Crippen molar-refractivity contribution in [2.75, 3.05) is 42.9 Å². The van der Waals surface area contributed by atoms with Gasteiger partial charge in [-0.05, 0) is 56.7 Å². The molecule has 3 heterocycles. The molecule has 2 aromatic carbocycles. The van der Waals surface area contributed by atoms with Crippen LogP contribution in [0.2, 0.25) is 0 Å². The Bertz CT molecular complexity index is 1790. The zero-order chi connectivity index (χ0) is 30.9. The second-order valence-corrected chi connectivity index (χ2v) is 12.6. The SMILES string of the molecule is COc1ncc(-c2ccc3c(N4CCN(OC(=O)C(C)(C)C)CC4)ncnc3c2)cc1S(=O)(=O)Nc1ccc(F)cc1F. The summed E-state index contributed by atoms with van der Waals surface area (Å²) in [6, 6.07) is 9.30. The van der Waals surface area contributed by atoms with Gasteiger partial charge in [-0.2, -0.15) is 0 Å². The summed E-state index contributed by atoms with van der Waals surface area (Å²) >= 11 is 0. The predicted octanol–water partition coefficient (Wildman–Crippen LogP) is 4.41. The van der Waals surface area contributed by atoms with E-state index in [2.05, 4.69) is 24.6 Å². The smallest absolute Gasteiger partial charge is 0.330 e. The summed E-state index contributed by atoms with van der Waals surface area (Å²) in [4.78, 5) is 32.6. The molecule has 1 aliphatic rings. The van der Waals surface area contributed by atoms with Gasteiger partial charge in [0, 0.05) is 36.3 Å². The number of carbonyl (C=O) groups is 1. The molecule has 0 unspecified atom stereocenters. The van der Waals surface area contributed by atoms with E-state index in [1.165, 1.54) is 25.7 Å². The molecule has 2 aromatic heterocycles. The number of nitrogens with one attached hydrogen (secondary N) is 1. The van der Waals surface area contributed by atoms with Crippen LogP contribution in [-0.4, -0.2) is 67.7 Å². The number of piperazine rings is 1. The quantitative estimate of drug-likeness (QED) is 0.321. The van der Waals surface area contributed by atoms with Crippen molar-refractivity contribution in [2.45, 2.75) is 25.7 Å². The molecular formula is C29H30F2N6O5S. The molecule has 1 saturated heterocycles. The average molecular weight is 613 g/mol. The third kappa shape index (κ3) is 6.49. The zero-order valence-corrected chi connectivity index (χ0v) is 24.8. The molecule has 0 amide bonds. The molecule has 0 spiro atoms. The number of rotatable bonds is 7. The first kappa shape index (κ1) is 30.0. The largest absolute Gasteiger partial charge is 0.480 e. The van der Waals surface area contributed by atoms with Crippen molar-refractivity contribution in [3.05, 3.63) is 66.6 Å². The van der Waals surface area contributed by atoms with Crippen molar-refractivity contribution in [1.29, 1.82) is 0 Å². The molecule has 0 radical (unpaired) electrons. The van der Waals surface area contributed by atoms with Gasteiger partial charge in [0.15, 0.2) is 0 Å². The fraction of sp³-hybridized carbons (Fsp3) is 0.310. The van der Waals surface area contributed by atoms with Crippen LogP contribution in [0.1, 0.15) is 20.8 Å². The summed E-state index contributed by atoms with van der Waals surface area (Å²) in [5.74, 6) is -1.67. The zero-order valence-electron chi connectivity index (χ0n) is 24.0. The van der Waals surface area contributed by atoms with Crippen LogP contribution in [0.25, 0.3) is 22.0 Å². The third-order valence-corrected chi connectivity index (χ3v) is 8.15. The molecule has 1 aliphatic heterocycles. The lowest BCUT2D eigenvalue weighted by Gasteiger charge is -2.35. The van der Waals surface area contributed by atoms with Crippen molar-refractivity contribution < 1.29 is 31.6 Å². The monoisotopic (exact) mass is 612 g/mol. The number of halogens is 2. The topological polar surface area (TPSA) is 127 Å². The van der Waals surface area contributed by atoms with Gasteiger partial charge in [-0.3, -0.25) is 4.72 Å². The van der Waals surface area contributed by atoms with Gasteiger partial charge >= 0.3 is 5.97 Å². The van der Waals surface area contributed by atoms with Gasteiger partial charge in [0.1, 0.15) is 28.7 Å². The maximum absolute atomic E-state index is 14.2. The Labute approximate surface area is 247 Å². The van der Waals surface area contributed by atoms with Crippen molar-refractivity contribution in [3.63, 3.8) is 0 Å². The lowest BCUT2D eigenvalue weighted by atomic mass is 9.98. The number of hydrogen-bond donors (Lipinski definition) is 1. The Hall–Kier alpha value is -4.43. The lowest BCUT2D eigenvalue weighted by Crippen LogP contribution is -2.48. The fourth-order valence-electron chi connectivity index (χ4n) is 4.43. The minimum Gasteiger partial charge on any atom is -0.480 e. The summed E-state index contributed by atoms with van der Waals surface area (Å²) in [6.07, 6.45) is 2.91. The standard InChI is InChI=1S/C29H30F2N6O5S/c1-29(2,3)28(38)42-37-11-9-36(10-12-37)26-21-7-5-18(13-24(21)33-17-34-26)19-14-25(27(41-4)32-16-19)43(39,40)35-23-8-6-20(30)15-22(23)31/h5-8,13-17,35H,9-12H2,1-4H3. The second-order valence-electron chi connectivity index (χ2n) is 10.9. The molecule has 14 heteroatoms. The van der Waals surface area contributed by atoms with E-state index in [0.29, 0.717) is 48.9 Å². The highest BCUT2D eigenvalue weighted by Crippen LogP contribution is 2.33. The first-order chi connectivity index (χ1) is 20.4. The summed E-state index contributed by atoms with van der Waals surface area (Å²) in [7, 11) is -3.11. The normalized spacial score (nSPS) is 14.5. The number of methoxy groups -OCH3 is 1. The minimum atomic E-state index is -4.37. The summed E-state index contributed by atoms with van der Waals surface area (Å²) in [5, 5.41) is 2.45. The van der Waals surface area contributed by atoms with Crippen LogP contribution in [0.4, 0.5) is 20.3 Å². The number of benzene rings is 2. The van der Waals surface area contributed by atoms with Crippen molar-refractivity contribution >= 4 is 38.4 Å². The van der Waals surface area contributed by atoms with Gasteiger partial charge < -0.3 is 14.5 Å². The highest BCUT2D eigenvalue weighted by Gasteiger charge is 2.29. The Morgan fingerprint density at radius 2 is 1.70 bits per heavy atom. The van der Waals surface area contributed by atoms with E-state index in [0.717, 1.165) is 23.3 Å². The van der Waals surface area contributed by atoms with Crippen molar-refractivity contribution in [3.8, 4) is 17.0 Å². The van der Waals surface area contributed by atoms with Crippen LogP contribution in [0.5, 0.6) is 5.88 Å². The van der Waals surface area contributed by atoms with Gasteiger partial charge in [0.25, 0.3) is 10.0 Å². The van der Waals surface area contributed by atoms with E-state index in [1.54, 1.807) is 38.0 Å². The van der Waals surface area contributed by atoms with Crippen LogP contribution in [0, 0.1) is 17.0 Å². The Morgan fingerprint density at radius 1 is 0.953 bits per heavy atom. The van der Waals surface area contributed by atoms with E-state index in [4.69, 9.17) is 9.57 Å². The number of hydroxylamine groups is 2. The van der Waals surface area contributed by atoms with Gasteiger partial charge in [0.05, 0.1) is 36.8 Å². The molecule has 0 saturated carbocycles.